The third-order valence-corrected chi connectivity index (χ3v) is 2.76. The molecule has 0 aromatic carbocycles. The first-order valence-corrected chi connectivity index (χ1v) is 5.69. The van der Waals surface area contributed by atoms with Crippen LogP contribution >= 0.6 is 0 Å². The largest absolute Gasteiger partial charge is 0.480 e. The normalized spacial score (nSPS) is 21.1. The maximum atomic E-state index is 11.8. The van der Waals surface area contributed by atoms with Crippen LogP contribution in [0, 0.1) is 0 Å². The van der Waals surface area contributed by atoms with Crippen molar-refractivity contribution in [2.45, 2.75) is 25.4 Å². The van der Waals surface area contributed by atoms with Crippen LogP contribution in [0.1, 0.15) is 13.3 Å². The lowest BCUT2D eigenvalue weighted by atomic mass is 10.1. The number of hydrogen-bond acceptors (Lipinski definition) is 4. The van der Waals surface area contributed by atoms with Crippen molar-refractivity contribution in [2.24, 2.45) is 0 Å². The van der Waals surface area contributed by atoms with E-state index in [1.54, 1.807) is 6.92 Å². The second-order valence-corrected chi connectivity index (χ2v) is 3.93. The van der Waals surface area contributed by atoms with Gasteiger partial charge in [0.2, 0.25) is 5.91 Å². The lowest BCUT2D eigenvalue weighted by Crippen LogP contribution is -2.61. The molecule has 1 unspecified atom stereocenters. The Bertz CT molecular complexity index is 346. The van der Waals surface area contributed by atoms with Crippen LogP contribution in [0.5, 0.6) is 0 Å². The highest BCUT2D eigenvalue weighted by molar-refractivity contribution is 5.89. The minimum Gasteiger partial charge on any atom is -0.480 e. The Morgan fingerprint density at radius 2 is 2.28 bits per heavy atom. The molecule has 0 aromatic rings. The molecule has 1 heterocycles. The zero-order valence-corrected chi connectivity index (χ0v) is 10.0. The van der Waals surface area contributed by atoms with Gasteiger partial charge in [-0.1, -0.05) is 6.92 Å². The fourth-order valence-corrected chi connectivity index (χ4v) is 1.78. The van der Waals surface area contributed by atoms with Gasteiger partial charge in [-0.05, 0) is 6.42 Å². The van der Waals surface area contributed by atoms with Crippen molar-refractivity contribution >= 4 is 17.9 Å². The lowest BCUT2D eigenvalue weighted by Gasteiger charge is -2.34. The summed E-state index contributed by atoms with van der Waals surface area (Å²) in [5.41, 5.74) is 0. The smallest absolute Gasteiger partial charge is 0.328 e. The van der Waals surface area contributed by atoms with Gasteiger partial charge in [0.15, 0.2) is 6.04 Å². The highest BCUT2D eigenvalue weighted by Gasteiger charge is 2.33. The summed E-state index contributed by atoms with van der Waals surface area (Å²) >= 11 is 0. The zero-order valence-electron chi connectivity index (χ0n) is 10.0. The SMILES string of the molecule is CCC1C(=O)NCCN1C(=O)N[C@@H](CO)C(=O)O. The molecule has 1 rings (SSSR count). The quantitative estimate of drug-likeness (QED) is 0.482. The average Bonchev–Trinajstić information content (AvgIpc) is 2.34. The van der Waals surface area contributed by atoms with E-state index in [2.05, 4.69) is 10.6 Å². The number of aliphatic carboxylic acids is 1. The van der Waals surface area contributed by atoms with Crippen molar-refractivity contribution in [2.75, 3.05) is 19.7 Å². The molecule has 0 aliphatic carbocycles. The van der Waals surface area contributed by atoms with Gasteiger partial charge in [0.1, 0.15) is 6.04 Å². The highest BCUT2D eigenvalue weighted by Crippen LogP contribution is 2.08. The Hall–Kier alpha value is -1.83. The summed E-state index contributed by atoms with van der Waals surface area (Å²) in [7, 11) is 0. The molecule has 0 saturated carbocycles. The van der Waals surface area contributed by atoms with E-state index in [0.29, 0.717) is 19.5 Å². The number of piperazine rings is 1. The Balaban J connectivity index is 2.69. The average molecular weight is 259 g/mol. The number of carbonyl (C=O) groups excluding carboxylic acids is 2. The van der Waals surface area contributed by atoms with E-state index in [-0.39, 0.29) is 5.91 Å². The van der Waals surface area contributed by atoms with Crippen LogP contribution in [0.25, 0.3) is 0 Å². The first kappa shape index (κ1) is 14.2. The van der Waals surface area contributed by atoms with Gasteiger partial charge in [-0.2, -0.15) is 0 Å². The molecule has 8 nitrogen and oxygen atoms in total. The third-order valence-electron chi connectivity index (χ3n) is 2.76. The topological polar surface area (TPSA) is 119 Å². The van der Waals surface area contributed by atoms with Crippen LogP contribution in [-0.2, 0) is 9.59 Å². The number of nitrogens with zero attached hydrogens (tertiary/aromatic N) is 1. The molecule has 2 atom stereocenters. The highest BCUT2D eigenvalue weighted by atomic mass is 16.4. The van der Waals surface area contributed by atoms with Crippen LogP contribution in [0.4, 0.5) is 4.79 Å². The molecule has 0 bridgehead atoms. The second kappa shape index (κ2) is 6.20. The molecule has 0 aromatic heterocycles. The summed E-state index contributed by atoms with van der Waals surface area (Å²) in [6.45, 7) is 1.71. The van der Waals surface area contributed by atoms with Crippen molar-refractivity contribution in [1.29, 1.82) is 0 Å². The number of aliphatic hydroxyl groups is 1. The molecule has 18 heavy (non-hydrogen) atoms. The maximum Gasteiger partial charge on any atom is 0.328 e. The number of hydrogen-bond donors (Lipinski definition) is 4. The fraction of sp³-hybridized carbons (Fsp3) is 0.700. The lowest BCUT2D eigenvalue weighted by molar-refractivity contribution is -0.140. The summed E-state index contributed by atoms with van der Waals surface area (Å²) in [5, 5.41) is 22.4. The van der Waals surface area contributed by atoms with E-state index in [4.69, 9.17) is 10.2 Å². The predicted octanol–water partition coefficient (Wildman–Crippen LogP) is -1.65. The molecule has 0 spiro atoms. The van der Waals surface area contributed by atoms with Gasteiger partial charge in [-0.3, -0.25) is 4.79 Å². The van der Waals surface area contributed by atoms with Crippen molar-refractivity contribution in [3.63, 3.8) is 0 Å². The van der Waals surface area contributed by atoms with Crippen molar-refractivity contribution in [3.8, 4) is 0 Å². The summed E-state index contributed by atoms with van der Waals surface area (Å²) in [6, 6.07) is -2.62. The molecule has 0 radical (unpaired) electrons. The number of carboxylic acid groups (broad SMARTS) is 1. The number of aliphatic hydroxyl groups excluding tert-OH is 1. The summed E-state index contributed by atoms with van der Waals surface area (Å²) < 4.78 is 0. The molecule has 8 heteroatoms. The van der Waals surface area contributed by atoms with Gasteiger partial charge in [0.25, 0.3) is 0 Å². The summed E-state index contributed by atoms with van der Waals surface area (Å²) in [6.07, 6.45) is 0.441. The van der Waals surface area contributed by atoms with Gasteiger partial charge >= 0.3 is 12.0 Å². The molecule has 1 saturated heterocycles. The number of nitrogens with one attached hydrogen (secondary N) is 2. The Morgan fingerprint density at radius 1 is 1.61 bits per heavy atom. The van der Waals surface area contributed by atoms with E-state index in [9.17, 15) is 14.4 Å². The van der Waals surface area contributed by atoms with Gasteiger partial charge in [-0.25, -0.2) is 9.59 Å². The molecular weight excluding hydrogens is 242 g/mol. The second-order valence-electron chi connectivity index (χ2n) is 3.93. The zero-order chi connectivity index (χ0) is 13.7. The molecule has 1 fully saturated rings. The molecule has 1 aliphatic rings. The Kier molecular flexibility index (Phi) is 4.90. The van der Waals surface area contributed by atoms with Gasteiger partial charge in [0.05, 0.1) is 6.61 Å². The predicted molar refractivity (Wildman–Crippen MR) is 60.8 cm³/mol. The van der Waals surface area contributed by atoms with Crippen molar-refractivity contribution in [3.05, 3.63) is 0 Å². The minimum atomic E-state index is -1.36. The molecule has 102 valence electrons. The Morgan fingerprint density at radius 3 is 2.78 bits per heavy atom. The summed E-state index contributed by atoms with van der Waals surface area (Å²) in [4.78, 5) is 35.4. The van der Waals surface area contributed by atoms with Crippen LogP contribution in [0.3, 0.4) is 0 Å². The monoisotopic (exact) mass is 259 g/mol. The van der Waals surface area contributed by atoms with Gasteiger partial charge in [-0.15, -0.1) is 0 Å². The van der Waals surface area contributed by atoms with E-state index in [1.807, 2.05) is 0 Å². The van der Waals surface area contributed by atoms with E-state index in [1.165, 1.54) is 4.90 Å². The standard InChI is InChI=1S/C10H17N3O5/c1-2-7-8(15)11-3-4-13(7)10(18)12-6(5-14)9(16)17/h6-7,14H,2-5H2,1H3,(H,11,15)(H,12,18)(H,16,17)/t6-,7?/m0/s1. The number of carboxylic acids is 1. The minimum absolute atomic E-state index is 0.255. The molecular formula is C10H17N3O5. The first-order valence-electron chi connectivity index (χ1n) is 5.69. The summed E-state index contributed by atoms with van der Waals surface area (Å²) in [5.74, 6) is -1.57. The van der Waals surface area contributed by atoms with Crippen LogP contribution < -0.4 is 10.6 Å². The third kappa shape index (κ3) is 3.10. The Labute approximate surface area is 104 Å². The van der Waals surface area contributed by atoms with Gasteiger partial charge in [0, 0.05) is 13.1 Å². The first-order chi connectivity index (χ1) is 8.51. The fourth-order valence-electron chi connectivity index (χ4n) is 1.78. The van der Waals surface area contributed by atoms with Crippen molar-refractivity contribution in [1.82, 2.24) is 15.5 Å². The van der Waals surface area contributed by atoms with E-state index >= 15 is 0 Å². The maximum absolute atomic E-state index is 11.8. The number of rotatable bonds is 4. The van der Waals surface area contributed by atoms with Crippen molar-refractivity contribution < 1.29 is 24.6 Å². The van der Waals surface area contributed by atoms with Crippen LogP contribution in [0.2, 0.25) is 0 Å². The van der Waals surface area contributed by atoms with E-state index < -0.39 is 30.7 Å². The number of amides is 3. The van der Waals surface area contributed by atoms with Gasteiger partial charge < -0.3 is 25.7 Å². The van der Waals surface area contributed by atoms with E-state index in [0.717, 1.165) is 0 Å². The number of carbonyl (C=O) groups is 3. The molecule has 3 amide bonds. The molecule has 1 aliphatic heterocycles. The number of urea groups is 1. The molecule has 4 N–H and O–H groups in total. The van der Waals surface area contributed by atoms with Crippen LogP contribution in [-0.4, -0.2) is 64.8 Å². The van der Waals surface area contributed by atoms with Crippen LogP contribution in [0.15, 0.2) is 0 Å².